The van der Waals surface area contributed by atoms with Crippen molar-refractivity contribution in [2.45, 2.75) is 33.2 Å². The molecule has 132 valence electrons. The lowest BCUT2D eigenvalue weighted by Crippen LogP contribution is -2.21. The summed E-state index contributed by atoms with van der Waals surface area (Å²) < 4.78 is 3.38. The van der Waals surface area contributed by atoms with E-state index >= 15 is 0 Å². The molecule has 0 bridgehead atoms. The first-order chi connectivity index (χ1) is 12.6. The summed E-state index contributed by atoms with van der Waals surface area (Å²) in [5.74, 6) is 0. The van der Waals surface area contributed by atoms with Gasteiger partial charge in [0.1, 0.15) is 5.52 Å². The highest BCUT2D eigenvalue weighted by Gasteiger charge is 2.17. The Morgan fingerprint density at radius 2 is 1.88 bits per heavy atom. The maximum absolute atomic E-state index is 12.7. The zero-order valence-corrected chi connectivity index (χ0v) is 15.4. The van der Waals surface area contributed by atoms with Gasteiger partial charge in [0.15, 0.2) is 11.2 Å². The molecule has 0 aliphatic rings. The monoisotopic (exact) mass is 367 g/mol. The summed E-state index contributed by atoms with van der Waals surface area (Å²) in [6, 6.07) is 9.41. The average molecular weight is 368 g/mol. The highest BCUT2D eigenvalue weighted by molar-refractivity contribution is 6.30. The van der Waals surface area contributed by atoms with Gasteiger partial charge >= 0.3 is 0 Å². The van der Waals surface area contributed by atoms with Crippen LogP contribution in [-0.2, 0) is 6.54 Å². The predicted octanol–water partition coefficient (Wildman–Crippen LogP) is 3.87. The van der Waals surface area contributed by atoms with Gasteiger partial charge in [-0.2, -0.15) is 5.10 Å². The quantitative estimate of drug-likeness (QED) is 0.549. The van der Waals surface area contributed by atoms with Crippen molar-refractivity contribution in [2.75, 3.05) is 0 Å². The number of aryl methyl sites for hydroxylation is 2. The molecule has 0 aliphatic carbocycles. The van der Waals surface area contributed by atoms with Gasteiger partial charge in [0, 0.05) is 17.8 Å². The number of unbranched alkanes of at least 4 members (excludes halogenated alkanes) is 1. The van der Waals surface area contributed by atoms with Gasteiger partial charge in [-0.1, -0.05) is 37.1 Å². The molecular formula is C19H18ClN5O. The van der Waals surface area contributed by atoms with Crippen molar-refractivity contribution >= 4 is 28.3 Å². The maximum atomic E-state index is 12.7. The molecule has 0 unspecified atom stereocenters. The van der Waals surface area contributed by atoms with Gasteiger partial charge in [0.05, 0.1) is 11.3 Å². The number of rotatable bonds is 4. The third-order valence-electron chi connectivity index (χ3n) is 4.51. The van der Waals surface area contributed by atoms with Crippen molar-refractivity contribution in [3.05, 3.63) is 57.6 Å². The molecule has 0 aliphatic heterocycles. The van der Waals surface area contributed by atoms with Crippen molar-refractivity contribution in [1.82, 2.24) is 24.4 Å². The highest BCUT2D eigenvalue weighted by Crippen LogP contribution is 2.28. The van der Waals surface area contributed by atoms with E-state index in [4.69, 9.17) is 11.6 Å². The highest BCUT2D eigenvalue weighted by atomic mass is 35.5. The van der Waals surface area contributed by atoms with Crippen molar-refractivity contribution in [2.24, 2.45) is 0 Å². The van der Waals surface area contributed by atoms with Crippen molar-refractivity contribution in [1.29, 1.82) is 0 Å². The molecule has 0 fully saturated rings. The van der Waals surface area contributed by atoms with Crippen LogP contribution in [0.15, 0.2) is 41.3 Å². The Kier molecular flexibility index (Phi) is 4.20. The van der Waals surface area contributed by atoms with Gasteiger partial charge in [0.2, 0.25) is 0 Å². The van der Waals surface area contributed by atoms with E-state index in [1.807, 2.05) is 37.3 Å². The van der Waals surface area contributed by atoms with E-state index in [-0.39, 0.29) is 5.56 Å². The third-order valence-corrected chi connectivity index (χ3v) is 4.76. The fourth-order valence-corrected chi connectivity index (χ4v) is 3.28. The summed E-state index contributed by atoms with van der Waals surface area (Å²) in [5.41, 5.74) is 4.18. The first kappa shape index (κ1) is 16.7. The normalized spacial score (nSPS) is 11.5. The van der Waals surface area contributed by atoms with E-state index in [2.05, 4.69) is 22.2 Å². The molecule has 0 saturated carbocycles. The standard InChI is InChI=1S/C19H18ClN5O/c1-3-4-10-24-11-9-15-17(19(24)26)21-22-18-16(12(2)23-25(15)18)13-5-7-14(20)8-6-13/h5-9,11H,3-4,10H2,1-2H3. The van der Waals surface area contributed by atoms with E-state index in [1.165, 1.54) is 0 Å². The second-order valence-corrected chi connectivity index (χ2v) is 6.74. The van der Waals surface area contributed by atoms with Crippen LogP contribution in [0, 0.1) is 6.92 Å². The smallest absolute Gasteiger partial charge is 0.280 e. The minimum absolute atomic E-state index is 0.133. The Hall–Kier alpha value is -2.73. The van der Waals surface area contributed by atoms with Crippen LogP contribution in [0.3, 0.4) is 0 Å². The first-order valence-electron chi connectivity index (χ1n) is 8.61. The summed E-state index contributed by atoms with van der Waals surface area (Å²) in [7, 11) is 0. The van der Waals surface area contributed by atoms with Gasteiger partial charge in [-0.05, 0) is 37.1 Å². The Morgan fingerprint density at radius 3 is 2.62 bits per heavy atom. The zero-order valence-electron chi connectivity index (χ0n) is 14.6. The molecule has 1 aromatic carbocycles. The number of aromatic nitrogens is 5. The van der Waals surface area contributed by atoms with E-state index in [1.54, 1.807) is 15.3 Å². The van der Waals surface area contributed by atoms with Gasteiger partial charge in [0.25, 0.3) is 5.56 Å². The van der Waals surface area contributed by atoms with Crippen LogP contribution in [0.25, 0.3) is 27.8 Å². The minimum atomic E-state index is -0.133. The van der Waals surface area contributed by atoms with E-state index in [0.717, 1.165) is 29.7 Å². The maximum Gasteiger partial charge on any atom is 0.280 e. The Morgan fingerprint density at radius 1 is 1.12 bits per heavy atom. The molecule has 4 aromatic rings. The second kappa shape index (κ2) is 6.53. The molecule has 0 atom stereocenters. The predicted molar refractivity (Wildman–Crippen MR) is 103 cm³/mol. The van der Waals surface area contributed by atoms with Crippen LogP contribution in [0.1, 0.15) is 25.5 Å². The summed E-state index contributed by atoms with van der Waals surface area (Å²) in [6.07, 6.45) is 3.78. The lowest BCUT2D eigenvalue weighted by atomic mass is 10.1. The summed E-state index contributed by atoms with van der Waals surface area (Å²) in [6.45, 7) is 4.70. The van der Waals surface area contributed by atoms with Crippen LogP contribution in [0.4, 0.5) is 0 Å². The van der Waals surface area contributed by atoms with Crippen LogP contribution in [0.5, 0.6) is 0 Å². The average Bonchev–Trinajstić information content (AvgIpc) is 2.98. The molecule has 3 heterocycles. The SMILES string of the molecule is CCCCn1ccc2c(nnc3c(-c4ccc(Cl)cc4)c(C)nn32)c1=O. The van der Waals surface area contributed by atoms with Crippen LogP contribution < -0.4 is 5.56 Å². The molecule has 0 amide bonds. The second-order valence-electron chi connectivity index (χ2n) is 6.30. The Bertz CT molecular complexity index is 1160. The molecule has 4 rings (SSSR count). The lowest BCUT2D eigenvalue weighted by Gasteiger charge is -2.06. The van der Waals surface area contributed by atoms with Crippen molar-refractivity contribution < 1.29 is 0 Å². The number of fused-ring (bicyclic) bond motifs is 3. The summed E-state index contributed by atoms with van der Waals surface area (Å²) >= 11 is 5.99. The Balaban J connectivity index is 1.94. The number of pyridine rings is 1. The molecule has 0 spiro atoms. The molecule has 0 radical (unpaired) electrons. The fraction of sp³-hybridized carbons (Fsp3) is 0.263. The largest absolute Gasteiger partial charge is 0.313 e. The number of hydrogen-bond acceptors (Lipinski definition) is 4. The molecule has 6 nitrogen and oxygen atoms in total. The first-order valence-corrected chi connectivity index (χ1v) is 8.99. The fourth-order valence-electron chi connectivity index (χ4n) is 3.15. The lowest BCUT2D eigenvalue weighted by molar-refractivity contribution is 0.615. The van der Waals surface area contributed by atoms with Crippen molar-refractivity contribution in [3.8, 4) is 11.1 Å². The van der Waals surface area contributed by atoms with Gasteiger partial charge in [-0.3, -0.25) is 4.79 Å². The van der Waals surface area contributed by atoms with Gasteiger partial charge in [-0.25, -0.2) is 4.52 Å². The van der Waals surface area contributed by atoms with Gasteiger partial charge < -0.3 is 4.57 Å². The number of hydrogen-bond donors (Lipinski definition) is 0. The summed E-state index contributed by atoms with van der Waals surface area (Å²) in [4.78, 5) is 12.7. The van der Waals surface area contributed by atoms with Crippen LogP contribution in [0.2, 0.25) is 5.02 Å². The third kappa shape index (κ3) is 2.66. The van der Waals surface area contributed by atoms with Gasteiger partial charge in [-0.15, -0.1) is 10.2 Å². The zero-order chi connectivity index (χ0) is 18.3. The number of halogens is 1. The van der Waals surface area contributed by atoms with E-state index in [9.17, 15) is 4.79 Å². The molecule has 0 saturated heterocycles. The van der Waals surface area contributed by atoms with Crippen molar-refractivity contribution in [3.63, 3.8) is 0 Å². The van der Waals surface area contributed by atoms with Crippen LogP contribution >= 0.6 is 11.6 Å². The number of nitrogens with zero attached hydrogens (tertiary/aromatic N) is 5. The molecule has 26 heavy (non-hydrogen) atoms. The number of benzene rings is 1. The topological polar surface area (TPSA) is 65.1 Å². The summed E-state index contributed by atoms with van der Waals surface area (Å²) in [5, 5.41) is 13.8. The Labute approximate surface area is 155 Å². The van der Waals surface area contributed by atoms with E-state index in [0.29, 0.717) is 28.2 Å². The van der Waals surface area contributed by atoms with Crippen LogP contribution in [-0.4, -0.2) is 24.4 Å². The minimum Gasteiger partial charge on any atom is -0.313 e. The van der Waals surface area contributed by atoms with E-state index < -0.39 is 0 Å². The molecular weight excluding hydrogens is 350 g/mol. The molecule has 0 N–H and O–H groups in total. The molecule has 7 heteroatoms. The molecule has 3 aromatic heterocycles.